The average molecular weight is 550 g/mol. The van der Waals surface area contributed by atoms with E-state index in [9.17, 15) is 23.6 Å². The maximum Gasteiger partial charge on any atom is 0.392 e. The zero-order valence-corrected chi connectivity index (χ0v) is 22.1. The summed E-state index contributed by atoms with van der Waals surface area (Å²) in [6.45, 7) is 0. The molecule has 38 heavy (non-hydrogen) atoms. The van der Waals surface area contributed by atoms with Crippen LogP contribution < -0.4 is 9.05 Å². The van der Waals surface area contributed by atoms with Crippen LogP contribution in [0.3, 0.4) is 0 Å². The first-order valence-electron chi connectivity index (χ1n) is 11.4. The van der Waals surface area contributed by atoms with Crippen LogP contribution in [0.1, 0.15) is 31.8 Å². The second kappa shape index (κ2) is 11.7. The molecule has 0 aliphatic rings. The predicted octanol–water partition coefficient (Wildman–Crippen LogP) is 6.59. The van der Waals surface area contributed by atoms with Gasteiger partial charge in [0.05, 0.1) is 0 Å². The Hall–Kier alpha value is -3.80. The van der Waals surface area contributed by atoms with Crippen LogP contribution in [0.15, 0.2) is 109 Å². The Morgan fingerprint density at radius 1 is 0.605 bits per heavy atom. The lowest BCUT2D eigenvalue weighted by molar-refractivity contribution is 0.103. The van der Waals surface area contributed by atoms with Gasteiger partial charge in [-0.25, -0.2) is 9.13 Å². The fourth-order valence-corrected chi connectivity index (χ4v) is 7.19. The molecule has 0 saturated carbocycles. The third-order valence-corrected chi connectivity index (χ3v) is 9.78. The van der Waals surface area contributed by atoms with E-state index >= 15 is 0 Å². The van der Waals surface area contributed by atoms with Crippen LogP contribution in [-0.4, -0.2) is 29.5 Å². The molecular weight excluding hydrogens is 526 g/mol. The third kappa shape index (κ3) is 6.94. The van der Waals surface area contributed by atoms with Crippen LogP contribution >= 0.6 is 15.2 Å². The van der Waals surface area contributed by atoms with Gasteiger partial charge in [0.2, 0.25) is 0 Å². The van der Waals surface area contributed by atoms with Gasteiger partial charge >= 0.3 is 15.2 Å². The van der Waals surface area contributed by atoms with Gasteiger partial charge < -0.3 is 18.5 Å². The van der Waals surface area contributed by atoms with Crippen molar-refractivity contribution in [3.05, 3.63) is 131 Å². The van der Waals surface area contributed by atoms with E-state index < -0.39 is 21.1 Å². The average Bonchev–Trinajstić information content (AvgIpc) is 2.93. The number of benzene rings is 4. The van der Waals surface area contributed by atoms with Gasteiger partial charge in [-0.05, 0) is 48.5 Å². The fraction of sp³-hybridized carbons (Fsp3) is 0.0714. The quantitative estimate of drug-likeness (QED) is 0.164. The summed E-state index contributed by atoms with van der Waals surface area (Å²) in [7, 11) is -7.53. The Labute approximate surface area is 219 Å². The molecule has 0 saturated heterocycles. The summed E-state index contributed by atoms with van der Waals surface area (Å²) < 4.78 is 41.5. The zero-order valence-electron chi connectivity index (χ0n) is 20.3. The van der Waals surface area contributed by atoms with Gasteiger partial charge in [0, 0.05) is 29.4 Å². The maximum atomic E-state index is 13.1. The van der Waals surface area contributed by atoms with Crippen molar-refractivity contribution in [3.8, 4) is 11.5 Å². The second-order valence-corrected chi connectivity index (χ2v) is 12.6. The topological polar surface area (TPSA) is 116 Å². The first-order valence-corrected chi connectivity index (χ1v) is 14.9. The molecule has 0 radical (unpaired) electrons. The molecule has 194 valence electrons. The molecule has 0 aliphatic carbocycles. The van der Waals surface area contributed by atoms with E-state index in [0.29, 0.717) is 22.3 Å². The maximum absolute atomic E-state index is 13.1. The van der Waals surface area contributed by atoms with Gasteiger partial charge in [0.25, 0.3) is 0 Å². The number of ketones is 2. The molecular formula is C28H24O8P2. The number of hydrogen-bond acceptors (Lipinski definition) is 7. The highest BCUT2D eigenvalue weighted by atomic mass is 31.2. The number of hydrogen-bond donors (Lipinski definition) is 1. The fourth-order valence-electron chi connectivity index (χ4n) is 3.54. The minimum Gasteiger partial charge on any atom is -0.424 e. The first-order chi connectivity index (χ1) is 18.2. The minimum atomic E-state index is -4.50. The molecule has 4 rings (SSSR count). The smallest absolute Gasteiger partial charge is 0.392 e. The van der Waals surface area contributed by atoms with Gasteiger partial charge in [-0.1, -0.05) is 60.7 Å². The predicted molar refractivity (Wildman–Crippen MR) is 143 cm³/mol. The Balaban J connectivity index is 1.41. The molecule has 0 aliphatic heterocycles. The van der Waals surface area contributed by atoms with Crippen molar-refractivity contribution in [2.24, 2.45) is 0 Å². The van der Waals surface area contributed by atoms with Gasteiger partial charge in [-0.2, -0.15) is 0 Å². The lowest BCUT2D eigenvalue weighted by Gasteiger charge is -2.20. The molecule has 0 amide bonds. The van der Waals surface area contributed by atoms with E-state index in [4.69, 9.17) is 13.6 Å². The first kappa shape index (κ1) is 27.2. The molecule has 2 unspecified atom stereocenters. The highest BCUT2D eigenvalue weighted by Gasteiger charge is 2.38. The van der Waals surface area contributed by atoms with E-state index in [1.807, 2.05) is 6.07 Å². The molecule has 4 aromatic rings. The van der Waals surface area contributed by atoms with E-state index in [1.54, 1.807) is 54.6 Å². The molecule has 0 fully saturated rings. The molecule has 2 atom stereocenters. The summed E-state index contributed by atoms with van der Waals surface area (Å²) in [6.07, 6.45) is 0. The summed E-state index contributed by atoms with van der Waals surface area (Å²) in [5.74, 6) is -1.24. The standard InChI is InChI=1S/C28H24O8P2/c1-34-38(33,36-26-18-14-24(15-19-26)28(30)22-10-6-3-7-11-22)20-37(31,32)35-25-16-12-23(13-17-25)27(29)21-8-4-2-5-9-21/h2-19H,20H2,1H3,(H,31,32). The Morgan fingerprint density at radius 3 is 1.37 bits per heavy atom. The molecule has 8 nitrogen and oxygen atoms in total. The summed E-state index contributed by atoms with van der Waals surface area (Å²) in [5.41, 5.74) is 1.78. The van der Waals surface area contributed by atoms with Gasteiger partial charge in [0.1, 0.15) is 11.5 Å². The zero-order chi connectivity index (χ0) is 27.2. The molecule has 4 aromatic carbocycles. The Bertz CT molecular complexity index is 1500. The highest BCUT2D eigenvalue weighted by Crippen LogP contribution is 2.60. The normalized spacial score (nSPS) is 14.1. The Morgan fingerprint density at radius 2 is 0.974 bits per heavy atom. The van der Waals surface area contributed by atoms with Crippen molar-refractivity contribution in [3.63, 3.8) is 0 Å². The van der Waals surface area contributed by atoms with Crippen LogP contribution in [-0.2, 0) is 13.7 Å². The Kier molecular flexibility index (Phi) is 8.40. The summed E-state index contributed by atoms with van der Waals surface area (Å²) >= 11 is 0. The van der Waals surface area contributed by atoms with Crippen LogP contribution in [0, 0.1) is 0 Å². The van der Waals surface area contributed by atoms with E-state index in [1.165, 1.54) is 48.5 Å². The molecule has 0 heterocycles. The molecule has 0 bridgehead atoms. The molecule has 0 aromatic heterocycles. The SMILES string of the molecule is COP(=O)(CP(=O)(O)Oc1ccc(C(=O)c2ccccc2)cc1)Oc1ccc(C(=O)c2ccccc2)cc1. The lowest BCUT2D eigenvalue weighted by Crippen LogP contribution is -2.06. The molecule has 10 heteroatoms. The molecule has 0 spiro atoms. The van der Waals surface area contributed by atoms with Crippen LogP contribution in [0.2, 0.25) is 0 Å². The third-order valence-electron chi connectivity index (χ3n) is 5.43. The van der Waals surface area contributed by atoms with Crippen molar-refractivity contribution in [1.82, 2.24) is 0 Å². The van der Waals surface area contributed by atoms with Gasteiger partial charge in [0.15, 0.2) is 17.5 Å². The molecule has 1 N–H and O–H groups in total. The van der Waals surface area contributed by atoms with Crippen LogP contribution in [0.25, 0.3) is 0 Å². The largest absolute Gasteiger partial charge is 0.424 e. The second-order valence-electron chi connectivity index (χ2n) is 8.19. The van der Waals surface area contributed by atoms with E-state index in [-0.39, 0.29) is 23.1 Å². The van der Waals surface area contributed by atoms with Crippen molar-refractivity contribution in [1.29, 1.82) is 0 Å². The van der Waals surface area contributed by atoms with Crippen molar-refractivity contribution < 1.29 is 37.2 Å². The van der Waals surface area contributed by atoms with Crippen molar-refractivity contribution >= 4 is 26.8 Å². The van der Waals surface area contributed by atoms with Crippen molar-refractivity contribution in [2.45, 2.75) is 0 Å². The minimum absolute atomic E-state index is 0.00637. The highest BCUT2D eigenvalue weighted by molar-refractivity contribution is 7.71. The van der Waals surface area contributed by atoms with Gasteiger partial charge in [-0.15, -0.1) is 0 Å². The summed E-state index contributed by atoms with van der Waals surface area (Å²) in [5, 5.41) is 0. The van der Waals surface area contributed by atoms with E-state index in [2.05, 4.69) is 0 Å². The van der Waals surface area contributed by atoms with Crippen LogP contribution in [0.4, 0.5) is 0 Å². The summed E-state index contributed by atoms with van der Waals surface area (Å²) in [6, 6.07) is 28.9. The number of rotatable bonds is 11. The monoisotopic (exact) mass is 550 g/mol. The van der Waals surface area contributed by atoms with E-state index in [0.717, 1.165) is 7.11 Å². The summed E-state index contributed by atoms with van der Waals surface area (Å²) in [4.78, 5) is 35.5. The number of carbonyl (C=O) groups is 2. The van der Waals surface area contributed by atoms with Gasteiger partial charge in [-0.3, -0.25) is 9.59 Å². The van der Waals surface area contributed by atoms with Crippen molar-refractivity contribution in [2.75, 3.05) is 13.0 Å². The number of carbonyl (C=O) groups excluding carboxylic acids is 2. The van der Waals surface area contributed by atoms with Crippen LogP contribution in [0.5, 0.6) is 11.5 Å². The lowest BCUT2D eigenvalue weighted by atomic mass is 10.0.